The summed E-state index contributed by atoms with van der Waals surface area (Å²) in [5.74, 6) is -1.22. The summed E-state index contributed by atoms with van der Waals surface area (Å²) in [4.78, 5) is 22.3. The van der Waals surface area contributed by atoms with Crippen LogP contribution in [0.3, 0.4) is 0 Å². The van der Waals surface area contributed by atoms with Crippen molar-refractivity contribution < 1.29 is 19.4 Å². The Balaban J connectivity index is 1.96. The third kappa shape index (κ3) is 3.55. The predicted molar refractivity (Wildman–Crippen MR) is 74.7 cm³/mol. The van der Waals surface area contributed by atoms with Crippen LogP contribution >= 0.6 is 0 Å². The van der Waals surface area contributed by atoms with Gasteiger partial charge in [-0.25, -0.2) is 4.79 Å². The van der Waals surface area contributed by atoms with Crippen molar-refractivity contribution in [2.24, 2.45) is 0 Å². The number of carboxylic acid groups (broad SMARTS) is 1. The number of hydrogen-bond donors (Lipinski definition) is 2. The van der Waals surface area contributed by atoms with Gasteiger partial charge in [0.05, 0.1) is 6.61 Å². The largest absolute Gasteiger partial charge is 0.480 e. The van der Waals surface area contributed by atoms with E-state index in [1.807, 2.05) is 36.4 Å². The molecule has 104 valence electrons. The summed E-state index contributed by atoms with van der Waals surface area (Å²) < 4.78 is 4.85. The molecule has 0 aliphatic rings. The zero-order chi connectivity index (χ0) is 14.4. The molecule has 1 amide bonds. The summed E-state index contributed by atoms with van der Waals surface area (Å²) >= 11 is 0. The number of carboxylic acids is 1. The second-order valence-electron chi connectivity index (χ2n) is 4.23. The molecular weight excluding hydrogens is 258 g/mol. The Morgan fingerprint density at radius 3 is 2.65 bits per heavy atom. The first-order chi connectivity index (χ1) is 9.68. The molecule has 0 spiro atoms. The second-order valence-corrected chi connectivity index (χ2v) is 4.23. The maximum atomic E-state index is 12.1. The first-order valence-corrected chi connectivity index (χ1v) is 6.24. The maximum Gasteiger partial charge on any atom is 0.329 e. The van der Waals surface area contributed by atoms with Gasteiger partial charge in [0.2, 0.25) is 0 Å². The van der Waals surface area contributed by atoms with Crippen LogP contribution in [0, 0.1) is 0 Å². The number of rotatable bonds is 6. The number of nitrogens with one attached hydrogen (secondary N) is 1. The molecule has 5 heteroatoms. The minimum Gasteiger partial charge on any atom is -0.480 e. The van der Waals surface area contributed by atoms with Gasteiger partial charge in [-0.15, -0.1) is 0 Å². The summed E-state index contributed by atoms with van der Waals surface area (Å²) in [6.07, 6.45) is 0. The van der Waals surface area contributed by atoms with Crippen LogP contribution in [-0.2, 0) is 9.53 Å². The SMILES string of the molecule is O=C(O)COCCNC(=O)c1cccc2ccccc12. The maximum absolute atomic E-state index is 12.1. The molecule has 2 aromatic carbocycles. The van der Waals surface area contributed by atoms with Crippen molar-refractivity contribution in [1.29, 1.82) is 0 Å². The van der Waals surface area contributed by atoms with E-state index in [0.29, 0.717) is 5.56 Å². The number of amides is 1. The number of aliphatic carboxylic acids is 1. The smallest absolute Gasteiger partial charge is 0.329 e. The van der Waals surface area contributed by atoms with Gasteiger partial charge in [0.15, 0.2) is 0 Å². The van der Waals surface area contributed by atoms with E-state index in [0.717, 1.165) is 10.8 Å². The molecule has 0 radical (unpaired) electrons. The lowest BCUT2D eigenvalue weighted by molar-refractivity contribution is -0.142. The molecular formula is C15H15NO4. The van der Waals surface area contributed by atoms with Gasteiger partial charge in [-0.05, 0) is 16.8 Å². The van der Waals surface area contributed by atoms with Gasteiger partial charge in [-0.2, -0.15) is 0 Å². The quantitative estimate of drug-likeness (QED) is 0.785. The van der Waals surface area contributed by atoms with Crippen LogP contribution < -0.4 is 5.32 Å². The number of benzene rings is 2. The van der Waals surface area contributed by atoms with Gasteiger partial charge >= 0.3 is 5.97 Å². The standard InChI is InChI=1S/C15H15NO4/c17-14(18)10-20-9-8-16-15(19)13-7-3-5-11-4-1-2-6-12(11)13/h1-7H,8-10H2,(H,16,19)(H,17,18). The summed E-state index contributed by atoms with van der Waals surface area (Å²) in [6.45, 7) is 0.0856. The third-order valence-corrected chi connectivity index (χ3v) is 2.79. The molecule has 20 heavy (non-hydrogen) atoms. The molecule has 0 saturated heterocycles. The van der Waals surface area contributed by atoms with Gasteiger partial charge in [0, 0.05) is 12.1 Å². The first kappa shape index (κ1) is 14.0. The van der Waals surface area contributed by atoms with Gasteiger partial charge in [0.25, 0.3) is 5.91 Å². The highest BCUT2D eigenvalue weighted by atomic mass is 16.5. The highest BCUT2D eigenvalue weighted by Gasteiger charge is 2.08. The lowest BCUT2D eigenvalue weighted by atomic mass is 10.0. The van der Waals surface area contributed by atoms with Crippen molar-refractivity contribution in [3.63, 3.8) is 0 Å². The molecule has 0 aromatic heterocycles. The number of carbonyl (C=O) groups is 2. The molecule has 2 N–H and O–H groups in total. The second kappa shape index (κ2) is 6.68. The van der Waals surface area contributed by atoms with Gasteiger partial charge in [-0.1, -0.05) is 36.4 Å². The Kier molecular flexibility index (Phi) is 4.68. The van der Waals surface area contributed by atoms with Crippen LogP contribution in [0.2, 0.25) is 0 Å². The van der Waals surface area contributed by atoms with Crippen LogP contribution in [0.1, 0.15) is 10.4 Å². The molecule has 0 fully saturated rings. The van der Waals surface area contributed by atoms with Crippen molar-refractivity contribution in [3.8, 4) is 0 Å². The van der Waals surface area contributed by atoms with Gasteiger partial charge in [0.1, 0.15) is 6.61 Å². The van der Waals surface area contributed by atoms with Crippen molar-refractivity contribution in [2.75, 3.05) is 19.8 Å². The predicted octanol–water partition coefficient (Wildman–Crippen LogP) is 1.67. The Morgan fingerprint density at radius 1 is 1.10 bits per heavy atom. The lowest BCUT2D eigenvalue weighted by Gasteiger charge is -2.08. The lowest BCUT2D eigenvalue weighted by Crippen LogP contribution is -2.28. The van der Waals surface area contributed by atoms with E-state index in [-0.39, 0.29) is 25.7 Å². The van der Waals surface area contributed by atoms with Crippen molar-refractivity contribution in [3.05, 3.63) is 48.0 Å². The molecule has 0 saturated carbocycles. The summed E-state index contributed by atoms with van der Waals surface area (Å²) in [7, 11) is 0. The molecule has 2 aromatic rings. The van der Waals surface area contributed by atoms with E-state index in [4.69, 9.17) is 9.84 Å². The number of ether oxygens (including phenoxy) is 1. The van der Waals surface area contributed by atoms with Crippen LogP contribution in [0.5, 0.6) is 0 Å². The summed E-state index contributed by atoms with van der Waals surface area (Å²) in [5, 5.41) is 13.0. The molecule has 2 rings (SSSR count). The van der Waals surface area contributed by atoms with Crippen LogP contribution in [0.25, 0.3) is 10.8 Å². The fraction of sp³-hybridized carbons (Fsp3) is 0.200. The van der Waals surface area contributed by atoms with Crippen LogP contribution in [0.15, 0.2) is 42.5 Å². The Hall–Kier alpha value is -2.40. The Bertz CT molecular complexity index is 619. The molecule has 0 aliphatic heterocycles. The molecule has 0 aliphatic carbocycles. The first-order valence-electron chi connectivity index (χ1n) is 6.24. The van der Waals surface area contributed by atoms with E-state index < -0.39 is 5.97 Å². The number of fused-ring (bicyclic) bond motifs is 1. The molecule has 0 heterocycles. The monoisotopic (exact) mass is 273 g/mol. The average Bonchev–Trinajstić information content (AvgIpc) is 2.45. The normalized spacial score (nSPS) is 10.4. The van der Waals surface area contributed by atoms with Crippen LogP contribution in [0.4, 0.5) is 0 Å². The number of carbonyl (C=O) groups excluding carboxylic acids is 1. The van der Waals surface area contributed by atoms with Crippen molar-refractivity contribution >= 4 is 22.6 Å². The molecule has 0 atom stereocenters. The minimum atomic E-state index is -1.02. The van der Waals surface area contributed by atoms with Crippen LogP contribution in [-0.4, -0.2) is 36.7 Å². The zero-order valence-electron chi connectivity index (χ0n) is 10.8. The summed E-state index contributed by atoms with van der Waals surface area (Å²) in [6, 6.07) is 13.2. The van der Waals surface area contributed by atoms with E-state index in [2.05, 4.69) is 5.32 Å². The molecule has 0 unspecified atom stereocenters. The summed E-state index contributed by atoms with van der Waals surface area (Å²) in [5.41, 5.74) is 0.598. The third-order valence-electron chi connectivity index (χ3n) is 2.79. The van der Waals surface area contributed by atoms with E-state index in [1.54, 1.807) is 6.07 Å². The molecule has 0 bridgehead atoms. The fourth-order valence-electron chi connectivity index (χ4n) is 1.91. The van der Waals surface area contributed by atoms with Crippen molar-refractivity contribution in [2.45, 2.75) is 0 Å². The minimum absolute atomic E-state index is 0.169. The Labute approximate surface area is 116 Å². The zero-order valence-corrected chi connectivity index (χ0v) is 10.8. The average molecular weight is 273 g/mol. The van der Waals surface area contributed by atoms with Gasteiger partial charge in [-0.3, -0.25) is 4.79 Å². The molecule has 5 nitrogen and oxygen atoms in total. The van der Waals surface area contributed by atoms with Gasteiger partial charge < -0.3 is 15.2 Å². The topological polar surface area (TPSA) is 75.6 Å². The van der Waals surface area contributed by atoms with Crippen molar-refractivity contribution in [1.82, 2.24) is 5.32 Å². The van der Waals surface area contributed by atoms with E-state index in [9.17, 15) is 9.59 Å². The number of hydrogen-bond acceptors (Lipinski definition) is 3. The highest BCUT2D eigenvalue weighted by molar-refractivity contribution is 6.06. The Morgan fingerprint density at radius 2 is 1.85 bits per heavy atom. The van der Waals surface area contributed by atoms with E-state index in [1.165, 1.54) is 0 Å². The fourth-order valence-corrected chi connectivity index (χ4v) is 1.91. The van der Waals surface area contributed by atoms with E-state index >= 15 is 0 Å². The highest BCUT2D eigenvalue weighted by Crippen LogP contribution is 2.18.